The molecule has 0 aliphatic heterocycles. The second-order valence-electron chi connectivity index (χ2n) is 4.31. The predicted octanol–water partition coefficient (Wildman–Crippen LogP) is 3.34. The largest absolute Gasteiger partial charge is 0.389 e. The van der Waals surface area contributed by atoms with Crippen molar-refractivity contribution >= 4 is 0 Å². The molecule has 0 aromatic carbocycles. The van der Waals surface area contributed by atoms with Gasteiger partial charge in [0.05, 0.1) is 0 Å². The van der Waals surface area contributed by atoms with Gasteiger partial charge in [0.15, 0.2) is 0 Å². The Morgan fingerprint density at radius 1 is 1.14 bits per heavy atom. The summed E-state index contributed by atoms with van der Waals surface area (Å²) in [5, 5.41) is 0. The standard InChI is InChI=1S/C10H20F3N/c1-7(2)9(14)8(3)5-4-6-10(11,12)13/h7-9H,4-6,14H2,1-3H3. The van der Waals surface area contributed by atoms with Crippen LogP contribution in [0.15, 0.2) is 0 Å². The van der Waals surface area contributed by atoms with Crippen molar-refractivity contribution < 1.29 is 13.2 Å². The molecule has 0 rings (SSSR count). The van der Waals surface area contributed by atoms with E-state index in [1.165, 1.54) is 0 Å². The molecule has 14 heavy (non-hydrogen) atoms. The Hall–Kier alpha value is -0.250. The maximum Gasteiger partial charge on any atom is 0.389 e. The minimum absolute atomic E-state index is 0.00299. The van der Waals surface area contributed by atoms with Gasteiger partial charge in [-0.25, -0.2) is 0 Å². The monoisotopic (exact) mass is 211 g/mol. The summed E-state index contributed by atoms with van der Waals surface area (Å²) in [6, 6.07) is 0.00299. The molecule has 0 aliphatic rings. The lowest BCUT2D eigenvalue weighted by Crippen LogP contribution is -2.33. The fraction of sp³-hybridized carbons (Fsp3) is 1.00. The summed E-state index contributed by atoms with van der Waals surface area (Å²) in [6.07, 6.45) is -3.98. The Morgan fingerprint density at radius 2 is 1.64 bits per heavy atom. The van der Waals surface area contributed by atoms with E-state index >= 15 is 0 Å². The quantitative estimate of drug-likeness (QED) is 0.741. The topological polar surface area (TPSA) is 26.0 Å². The van der Waals surface area contributed by atoms with Gasteiger partial charge in [-0.05, 0) is 24.7 Å². The molecule has 0 aromatic rings. The maximum atomic E-state index is 11.8. The van der Waals surface area contributed by atoms with Crippen LogP contribution >= 0.6 is 0 Å². The van der Waals surface area contributed by atoms with E-state index in [0.717, 1.165) is 0 Å². The van der Waals surface area contributed by atoms with E-state index in [4.69, 9.17) is 5.73 Å². The van der Waals surface area contributed by atoms with Gasteiger partial charge in [-0.1, -0.05) is 20.8 Å². The molecule has 0 spiro atoms. The molecule has 2 N–H and O–H groups in total. The summed E-state index contributed by atoms with van der Waals surface area (Å²) in [6.45, 7) is 5.90. The molecule has 86 valence electrons. The number of alkyl halides is 3. The minimum atomic E-state index is -4.03. The first kappa shape index (κ1) is 13.8. The van der Waals surface area contributed by atoms with Crippen molar-refractivity contribution in [3.8, 4) is 0 Å². The summed E-state index contributed by atoms with van der Waals surface area (Å²) >= 11 is 0. The molecule has 4 heteroatoms. The van der Waals surface area contributed by atoms with E-state index in [-0.39, 0.29) is 18.4 Å². The van der Waals surface area contributed by atoms with Crippen molar-refractivity contribution in [3.05, 3.63) is 0 Å². The zero-order chi connectivity index (χ0) is 11.4. The number of hydrogen-bond donors (Lipinski definition) is 1. The minimum Gasteiger partial charge on any atom is -0.327 e. The highest BCUT2D eigenvalue weighted by molar-refractivity contribution is 4.72. The molecule has 2 unspecified atom stereocenters. The van der Waals surface area contributed by atoms with Crippen molar-refractivity contribution in [2.45, 2.75) is 52.3 Å². The van der Waals surface area contributed by atoms with Crippen LogP contribution in [-0.2, 0) is 0 Å². The molecule has 0 aliphatic carbocycles. The Balaban J connectivity index is 3.69. The normalized spacial score (nSPS) is 17.1. The third kappa shape index (κ3) is 6.24. The molecule has 0 radical (unpaired) electrons. The molecule has 0 fully saturated rings. The van der Waals surface area contributed by atoms with Crippen LogP contribution in [0.4, 0.5) is 13.2 Å². The van der Waals surface area contributed by atoms with Gasteiger partial charge in [-0.2, -0.15) is 13.2 Å². The number of hydrogen-bond acceptors (Lipinski definition) is 1. The van der Waals surface area contributed by atoms with Crippen molar-refractivity contribution in [2.75, 3.05) is 0 Å². The van der Waals surface area contributed by atoms with Gasteiger partial charge in [-0.15, -0.1) is 0 Å². The van der Waals surface area contributed by atoms with Gasteiger partial charge >= 0.3 is 6.18 Å². The Kier molecular flexibility index (Phi) is 5.49. The second kappa shape index (κ2) is 5.59. The van der Waals surface area contributed by atoms with Gasteiger partial charge in [0.25, 0.3) is 0 Å². The average Bonchev–Trinajstić information content (AvgIpc) is 2.00. The van der Waals surface area contributed by atoms with Crippen molar-refractivity contribution in [1.29, 1.82) is 0 Å². The predicted molar refractivity (Wildman–Crippen MR) is 51.9 cm³/mol. The molecular weight excluding hydrogens is 191 g/mol. The molecule has 0 aromatic heterocycles. The number of halogens is 3. The van der Waals surface area contributed by atoms with Crippen LogP contribution in [0, 0.1) is 11.8 Å². The highest BCUT2D eigenvalue weighted by atomic mass is 19.4. The van der Waals surface area contributed by atoms with Gasteiger partial charge in [-0.3, -0.25) is 0 Å². The first-order valence-electron chi connectivity index (χ1n) is 5.06. The maximum absolute atomic E-state index is 11.8. The molecule has 0 amide bonds. The number of rotatable bonds is 5. The van der Waals surface area contributed by atoms with Gasteiger partial charge in [0.2, 0.25) is 0 Å². The van der Waals surface area contributed by atoms with E-state index in [2.05, 4.69) is 0 Å². The van der Waals surface area contributed by atoms with Crippen molar-refractivity contribution in [3.63, 3.8) is 0 Å². The molecule has 1 nitrogen and oxygen atoms in total. The van der Waals surface area contributed by atoms with Crippen LogP contribution in [0.25, 0.3) is 0 Å². The summed E-state index contributed by atoms with van der Waals surface area (Å²) in [5.74, 6) is 0.494. The Bertz CT molecular complexity index is 154. The van der Waals surface area contributed by atoms with Crippen molar-refractivity contribution in [2.24, 2.45) is 17.6 Å². The summed E-state index contributed by atoms with van der Waals surface area (Å²) in [5.41, 5.74) is 5.83. The molecule has 0 saturated heterocycles. The van der Waals surface area contributed by atoms with E-state index in [0.29, 0.717) is 12.3 Å². The second-order valence-corrected chi connectivity index (χ2v) is 4.31. The zero-order valence-corrected chi connectivity index (χ0v) is 9.06. The lowest BCUT2D eigenvalue weighted by molar-refractivity contribution is -0.136. The van der Waals surface area contributed by atoms with Crippen LogP contribution in [0.3, 0.4) is 0 Å². The lowest BCUT2D eigenvalue weighted by atomic mass is 9.89. The average molecular weight is 211 g/mol. The van der Waals surface area contributed by atoms with Gasteiger partial charge in [0.1, 0.15) is 0 Å². The highest BCUT2D eigenvalue weighted by Crippen LogP contribution is 2.25. The van der Waals surface area contributed by atoms with Crippen LogP contribution in [0.1, 0.15) is 40.0 Å². The lowest BCUT2D eigenvalue weighted by Gasteiger charge is -2.23. The first-order valence-corrected chi connectivity index (χ1v) is 5.06. The zero-order valence-electron chi connectivity index (χ0n) is 9.06. The highest BCUT2D eigenvalue weighted by Gasteiger charge is 2.27. The fourth-order valence-corrected chi connectivity index (χ4v) is 1.47. The van der Waals surface area contributed by atoms with E-state index < -0.39 is 12.6 Å². The van der Waals surface area contributed by atoms with E-state index in [1.54, 1.807) is 0 Å². The smallest absolute Gasteiger partial charge is 0.327 e. The van der Waals surface area contributed by atoms with Gasteiger partial charge in [0, 0.05) is 12.5 Å². The van der Waals surface area contributed by atoms with Crippen LogP contribution < -0.4 is 5.73 Å². The molecule has 0 bridgehead atoms. The van der Waals surface area contributed by atoms with E-state index in [1.807, 2.05) is 20.8 Å². The molecule has 0 heterocycles. The first-order chi connectivity index (χ1) is 6.24. The van der Waals surface area contributed by atoms with Crippen LogP contribution in [0.2, 0.25) is 0 Å². The SMILES string of the molecule is CC(C)C(N)C(C)CCCC(F)(F)F. The van der Waals surface area contributed by atoms with Gasteiger partial charge < -0.3 is 5.73 Å². The van der Waals surface area contributed by atoms with Crippen LogP contribution in [0.5, 0.6) is 0 Å². The number of nitrogens with two attached hydrogens (primary N) is 1. The van der Waals surface area contributed by atoms with Crippen molar-refractivity contribution in [1.82, 2.24) is 0 Å². The third-order valence-corrected chi connectivity index (χ3v) is 2.55. The summed E-state index contributed by atoms with van der Waals surface area (Å²) < 4.78 is 35.5. The molecule has 0 saturated carbocycles. The molecular formula is C10H20F3N. The van der Waals surface area contributed by atoms with E-state index in [9.17, 15) is 13.2 Å². The Labute approximate surface area is 83.9 Å². The summed E-state index contributed by atoms with van der Waals surface area (Å²) in [4.78, 5) is 0. The molecule has 2 atom stereocenters. The summed E-state index contributed by atoms with van der Waals surface area (Å²) in [7, 11) is 0. The Morgan fingerprint density at radius 3 is 2.00 bits per heavy atom. The fourth-order valence-electron chi connectivity index (χ4n) is 1.47. The third-order valence-electron chi connectivity index (χ3n) is 2.55. The van der Waals surface area contributed by atoms with Crippen LogP contribution in [-0.4, -0.2) is 12.2 Å².